The van der Waals surface area contributed by atoms with Crippen LogP contribution in [-0.2, 0) is 4.79 Å². The molecule has 2 aromatic heterocycles. The second-order valence-electron chi connectivity index (χ2n) is 3.83. The van der Waals surface area contributed by atoms with Gasteiger partial charge < -0.3 is 4.98 Å². The smallest absolute Gasteiger partial charge is 0.260 e. The Bertz CT molecular complexity index is 643. The van der Waals surface area contributed by atoms with Crippen molar-refractivity contribution >= 4 is 39.1 Å². The average molecular weight is 268 g/mol. The van der Waals surface area contributed by atoms with Crippen LogP contribution in [0.15, 0.2) is 9.95 Å². The van der Waals surface area contributed by atoms with Crippen molar-refractivity contribution in [3.63, 3.8) is 0 Å². The summed E-state index contributed by atoms with van der Waals surface area (Å²) in [5.41, 5.74) is 0.866. The van der Waals surface area contributed by atoms with Crippen LogP contribution >= 0.6 is 23.1 Å². The summed E-state index contributed by atoms with van der Waals surface area (Å²) in [6.07, 6.45) is 0. The van der Waals surface area contributed by atoms with Gasteiger partial charge in [0.15, 0.2) is 5.16 Å². The van der Waals surface area contributed by atoms with Gasteiger partial charge in [-0.1, -0.05) is 11.8 Å². The van der Waals surface area contributed by atoms with Crippen molar-refractivity contribution in [1.29, 1.82) is 0 Å². The molecule has 90 valence electrons. The van der Waals surface area contributed by atoms with Crippen molar-refractivity contribution in [3.8, 4) is 0 Å². The second kappa shape index (κ2) is 4.62. The molecular weight excluding hydrogens is 256 g/mol. The summed E-state index contributed by atoms with van der Waals surface area (Å²) in [5.74, 6) is 0.397. The lowest BCUT2D eigenvalue weighted by Gasteiger charge is -1.98. The highest BCUT2D eigenvalue weighted by atomic mass is 32.2. The SMILES string of the molecule is CC(=O)CSc1nc2sc(C)c(C)c2c(=O)[nH]1. The molecule has 0 aromatic carbocycles. The Hall–Kier alpha value is -1.14. The molecule has 4 nitrogen and oxygen atoms in total. The van der Waals surface area contributed by atoms with Crippen molar-refractivity contribution in [3.05, 3.63) is 20.8 Å². The van der Waals surface area contributed by atoms with E-state index < -0.39 is 0 Å². The van der Waals surface area contributed by atoms with Crippen molar-refractivity contribution in [1.82, 2.24) is 9.97 Å². The van der Waals surface area contributed by atoms with Crippen molar-refractivity contribution in [2.45, 2.75) is 25.9 Å². The fourth-order valence-electron chi connectivity index (χ4n) is 1.47. The number of aryl methyl sites for hydroxylation is 2. The standard InChI is InChI=1S/C11H12N2O2S2/c1-5(14)4-16-11-12-9(15)8-6(2)7(3)17-10(8)13-11/h4H2,1-3H3,(H,12,13,15). The number of rotatable bonds is 3. The van der Waals surface area contributed by atoms with Crippen molar-refractivity contribution in [2.75, 3.05) is 5.75 Å². The summed E-state index contributed by atoms with van der Waals surface area (Å²) in [4.78, 5) is 31.7. The number of nitrogens with one attached hydrogen (secondary N) is 1. The zero-order valence-electron chi connectivity index (χ0n) is 9.79. The van der Waals surface area contributed by atoms with Crippen LogP contribution in [0.3, 0.4) is 0 Å². The molecule has 0 unspecified atom stereocenters. The molecule has 0 aliphatic carbocycles. The van der Waals surface area contributed by atoms with Gasteiger partial charge in [-0.25, -0.2) is 4.98 Å². The van der Waals surface area contributed by atoms with Gasteiger partial charge in [-0.2, -0.15) is 0 Å². The van der Waals surface area contributed by atoms with Crippen LogP contribution in [0.4, 0.5) is 0 Å². The number of nitrogens with zero attached hydrogens (tertiary/aromatic N) is 1. The third-order valence-corrected chi connectivity index (χ3v) is 4.55. The van der Waals surface area contributed by atoms with Crippen LogP contribution in [-0.4, -0.2) is 21.5 Å². The van der Waals surface area contributed by atoms with Crippen LogP contribution < -0.4 is 5.56 Å². The summed E-state index contributed by atoms with van der Waals surface area (Å²) < 4.78 is 0. The number of fused-ring (bicyclic) bond motifs is 1. The van der Waals surface area contributed by atoms with Crippen LogP contribution in [0.5, 0.6) is 0 Å². The molecule has 1 N–H and O–H groups in total. The fraction of sp³-hybridized carbons (Fsp3) is 0.364. The molecule has 0 radical (unpaired) electrons. The minimum Gasteiger partial charge on any atom is -0.301 e. The zero-order valence-corrected chi connectivity index (χ0v) is 11.4. The van der Waals surface area contributed by atoms with E-state index in [9.17, 15) is 9.59 Å². The van der Waals surface area contributed by atoms with E-state index >= 15 is 0 Å². The molecule has 0 saturated carbocycles. The van der Waals surface area contributed by atoms with Crippen molar-refractivity contribution in [2.24, 2.45) is 0 Å². The molecule has 0 amide bonds. The van der Waals surface area contributed by atoms with Gasteiger partial charge in [-0.05, 0) is 26.3 Å². The molecule has 17 heavy (non-hydrogen) atoms. The van der Waals surface area contributed by atoms with Gasteiger partial charge >= 0.3 is 0 Å². The van der Waals surface area contributed by atoms with Crippen molar-refractivity contribution < 1.29 is 4.79 Å². The van der Waals surface area contributed by atoms with E-state index in [2.05, 4.69) is 9.97 Å². The predicted octanol–water partition coefficient (Wildman–Crippen LogP) is 2.28. The normalized spacial score (nSPS) is 11.0. The lowest BCUT2D eigenvalue weighted by atomic mass is 10.2. The molecule has 2 aromatic rings. The van der Waals surface area contributed by atoms with Gasteiger partial charge in [-0.3, -0.25) is 9.59 Å². The average Bonchev–Trinajstić information content (AvgIpc) is 2.52. The maximum atomic E-state index is 11.9. The number of Topliss-reactive ketones (excluding diaryl/α,β-unsaturated/α-hetero) is 1. The largest absolute Gasteiger partial charge is 0.301 e. The number of aromatic nitrogens is 2. The third kappa shape index (κ3) is 2.42. The Labute approximate surface area is 106 Å². The van der Waals surface area contributed by atoms with E-state index in [1.807, 2.05) is 13.8 Å². The van der Waals surface area contributed by atoms with Crippen LogP contribution in [0, 0.1) is 13.8 Å². The molecule has 0 spiro atoms. The number of carbonyl (C=O) groups is 1. The van der Waals surface area contributed by atoms with Gasteiger partial charge in [0.1, 0.15) is 10.6 Å². The Morgan fingerprint density at radius 3 is 2.82 bits per heavy atom. The number of carbonyl (C=O) groups excluding carboxylic acids is 1. The maximum Gasteiger partial charge on any atom is 0.260 e. The van der Waals surface area contributed by atoms with Crippen LogP contribution in [0.25, 0.3) is 10.2 Å². The third-order valence-electron chi connectivity index (χ3n) is 2.43. The van der Waals surface area contributed by atoms with Gasteiger partial charge in [-0.15, -0.1) is 11.3 Å². The Kier molecular flexibility index (Phi) is 3.35. The molecule has 2 heterocycles. The lowest BCUT2D eigenvalue weighted by molar-refractivity contribution is -0.114. The number of hydrogen-bond donors (Lipinski definition) is 1. The van der Waals surface area contributed by atoms with E-state index in [1.54, 1.807) is 0 Å². The zero-order chi connectivity index (χ0) is 12.6. The minimum atomic E-state index is -0.122. The van der Waals surface area contributed by atoms with Gasteiger partial charge in [0.2, 0.25) is 0 Å². The first-order valence-corrected chi connectivity index (χ1v) is 6.91. The molecule has 0 bridgehead atoms. The first-order chi connectivity index (χ1) is 7.99. The summed E-state index contributed by atoms with van der Waals surface area (Å²) in [5, 5.41) is 1.18. The highest BCUT2D eigenvalue weighted by molar-refractivity contribution is 7.99. The maximum absolute atomic E-state index is 11.9. The van der Waals surface area contributed by atoms with Crippen LogP contribution in [0.1, 0.15) is 17.4 Å². The highest BCUT2D eigenvalue weighted by Gasteiger charge is 2.12. The fourth-order valence-corrected chi connectivity index (χ4v) is 3.22. The van der Waals surface area contributed by atoms with E-state index in [-0.39, 0.29) is 11.3 Å². The molecule has 0 atom stereocenters. The van der Waals surface area contributed by atoms with E-state index in [4.69, 9.17) is 0 Å². The van der Waals surface area contributed by atoms with E-state index in [0.717, 1.165) is 15.3 Å². The first-order valence-electron chi connectivity index (χ1n) is 5.11. The number of ketones is 1. The summed E-state index contributed by atoms with van der Waals surface area (Å²) >= 11 is 2.78. The number of hydrogen-bond acceptors (Lipinski definition) is 5. The number of thiophene rings is 1. The second-order valence-corrected chi connectivity index (χ2v) is 5.99. The molecular formula is C11H12N2O2S2. The summed E-state index contributed by atoms with van der Waals surface area (Å²) in [6.45, 7) is 5.42. The monoisotopic (exact) mass is 268 g/mol. The molecule has 2 rings (SSSR count). The Morgan fingerprint density at radius 2 is 2.18 bits per heavy atom. The van der Waals surface area contributed by atoms with Gasteiger partial charge in [0.05, 0.1) is 11.1 Å². The molecule has 0 fully saturated rings. The summed E-state index contributed by atoms with van der Waals surface area (Å²) in [6, 6.07) is 0. The predicted molar refractivity (Wildman–Crippen MR) is 71.1 cm³/mol. The highest BCUT2D eigenvalue weighted by Crippen LogP contribution is 2.27. The van der Waals surface area contributed by atoms with Gasteiger partial charge in [0, 0.05) is 4.88 Å². The molecule has 0 aliphatic rings. The quantitative estimate of drug-likeness (QED) is 0.685. The number of thioether (sulfide) groups is 1. The number of aromatic amines is 1. The summed E-state index contributed by atoms with van der Waals surface area (Å²) in [7, 11) is 0. The van der Waals surface area contributed by atoms with E-state index in [0.29, 0.717) is 16.3 Å². The van der Waals surface area contributed by atoms with E-state index in [1.165, 1.54) is 30.0 Å². The number of H-pyrrole nitrogens is 1. The minimum absolute atomic E-state index is 0.0660. The Balaban J connectivity index is 2.49. The Morgan fingerprint density at radius 1 is 1.47 bits per heavy atom. The van der Waals surface area contributed by atoms with Crippen LogP contribution in [0.2, 0.25) is 0 Å². The van der Waals surface area contributed by atoms with Gasteiger partial charge in [0.25, 0.3) is 5.56 Å². The topological polar surface area (TPSA) is 62.8 Å². The molecule has 6 heteroatoms. The lowest BCUT2D eigenvalue weighted by Crippen LogP contribution is -2.09. The molecule has 0 saturated heterocycles. The molecule has 0 aliphatic heterocycles. The first kappa shape index (κ1) is 12.3.